The van der Waals surface area contributed by atoms with E-state index in [0.29, 0.717) is 25.3 Å². The van der Waals surface area contributed by atoms with Crippen molar-refractivity contribution in [1.29, 1.82) is 0 Å². The van der Waals surface area contributed by atoms with Gasteiger partial charge in [-0.2, -0.15) is 0 Å². The lowest BCUT2D eigenvalue weighted by molar-refractivity contribution is -0.139. The van der Waals surface area contributed by atoms with Crippen LogP contribution in [0.25, 0.3) is 5.57 Å². The average Bonchev–Trinajstić information content (AvgIpc) is 2.83. The van der Waals surface area contributed by atoms with Crippen LogP contribution in [0.15, 0.2) is 54.3 Å². The first-order chi connectivity index (χ1) is 16.5. The fraction of sp³-hybridized carbons (Fsp3) is 0.500. The standard InChI is InChI=1S/C26H35FN2O5/c1-3-5-10-20(9-4-2)21-12-11-19(15-22(21)27)18-34-14-8-6-7-13-29-16-23(28-33)25(31)26(32)24(29)17-30/h4-5,9-12,15,23-24,26,30,32H,2-3,6-8,13-14,16-18H2,1H3/b10-5-,20-9+/t23?,24-,26+/m0/s1. The molecule has 1 aliphatic rings. The van der Waals surface area contributed by atoms with Gasteiger partial charge in [0.1, 0.15) is 11.9 Å². The van der Waals surface area contributed by atoms with Gasteiger partial charge in [0.2, 0.25) is 0 Å². The topological polar surface area (TPSA) is 99.4 Å². The second kappa shape index (κ2) is 14.7. The fourth-order valence-electron chi connectivity index (χ4n) is 3.97. The molecular weight excluding hydrogens is 439 g/mol. The number of nitroso groups, excluding NO2 is 1. The van der Waals surface area contributed by atoms with Crippen molar-refractivity contribution in [3.05, 3.63) is 70.9 Å². The molecule has 1 fully saturated rings. The molecule has 34 heavy (non-hydrogen) atoms. The summed E-state index contributed by atoms with van der Waals surface area (Å²) in [5.41, 5.74) is 2.04. The summed E-state index contributed by atoms with van der Waals surface area (Å²) in [5.74, 6) is -0.938. The third-order valence-corrected chi connectivity index (χ3v) is 5.85. The molecule has 1 unspecified atom stereocenters. The number of piperidine rings is 1. The zero-order valence-electron chi connectivity index (χ0n) is 19.7. The average molecular weight is 475 g/mol. The predicted octanol–water partition coefficient (Wildman–Crippen LogP) is 3.79. The minimum atomic E-state index is -1.40. The summed E-state index contributed by atoms with van der Waals surface area (Å²) in [5, 5.41) is 22.3. The number of carbonyl (C=O) groups is 1. The number of aliphatic hydroxyl groups excluding tert-OH is 2. The lowest BCUT2D eigenvalue weighted by Crippen LogP contribution is -2.60. The van der Waals surface area contributed by atoms with E-state index >= 15 is 0 Å². The van der Waals surface area contributed by atoms with Crippen LogP contribution < -0.4 is 0 Å². The molecule has 0 radical (unpaired) electrons. The molecule has 1 aromatic carbocycles. The van der Waals surface area contributed by atoms with Gasteiger partial charge in [0, 0.05) is 18.7 Å². The van der Waals surface area contributed by atoms with E-state index in [4.69, 9.17) is 4.74 Å². The SMILES string of the molecule is C=C/C=C(\C=C/CC)c1ccc(COCCCCCN2CC(N=O)C(=O)[C@H](O)[C@@H]2CO)cc1F. The van der Waals surface area contributed by atoms with E-state index in [1.54, 1.807) is 23.1 Å². The van der Waals surface area contributed by atoms with Gasteiger partial charge in [-0.3, -0.25) is 9.69 Å². The highest BCUT2D eigenvalue weighted by Gasteiger charge is 2.41. The van der Waals surface area contributed by atoms with E-state index in [-0.39, 0.29) is 19.0 Å². The van der Waals surface area contributed by atoms with Gasteiger partial charge in [0.25, 0.3) is 0 Å². The number of unbranched alkanes of at least 4 members (excludes halogenated alkanes) is 2. The van der Waals surface area contributed by atoms with Crippen molar-refractivity contribution in [3.8, 4) is 0 Å². The van der Waals surface area contributed by atoms with E-state index in [1.807, 2.05) is 25.1 Å². The van der Waals surface area contributed by atoms with Crippen molar-refractivity contribution in [1.82, 2.24) is 4.90 Å². The molecule has 8 heteroatoms. The maximum absolute atomic E-state index is 14.6. The predicted molar refractivity (Wildman–Crippen MR) is 131 cm³/mol. The van der Waals surface area contributed by atoms with Crippen LogP contribution in [0.5, 0.6) is 0 Å². The lowest BCUT2D eigenvalue weighted by Gasteiger charge is -2.38. The number of nitrogens with zero attached hydrogens (tertiary/aromatic N) is 2. The molecular formula is C26H35FN2O5. The van der Waals surface area contributed by atoms with E-state index in [1.165, 1.54) is 6.07 Å². The Morgan fingerprint density at radius 1 is 1.35 bits per heavy atom. The molecule has 0 aromatic heterocycles. The van der Waals surface area contributed by atoms with Crippen LogP contribution in [0.1, 0.15) is 43.7 Å². The molecule has 0 aliphatic carbocycles. The minimum absolute atomic E-state index is 0.112. The summed E-state index contributed by atoms with van der Waals surface area (Å²) in [7, 11) is 0. The quantitative estimate of drug-likeness (QED) is 0.242. The van der Waals surface area contributed by atoms with Gasteiger partial charge in [-0.1, -0.05) is 55.1 Å². The minimum Gasteiger partial charge on any atom is -0.395 e. The largest absolute Gasteiger partial charge is 0.395 e. The molecule has 1 aliphatic heterocycles. The first kappa shape index (κ1) is 27.7. The first-order valence-corrected chi connectivity index (χ1v) is 11.7. The molecule has 1 heterocycles. The highest BCUT2D eigenvalue weighted by atomic mass is 19.1. The number of halogens is 1. The van der Waals surface area contributed by atoms with Gasteiger partial charge in [0.05, 0.1) is 19.3 Å². The van der Waals surface area contributed by atoms with Gasteiger partial charge in [-0.05, 0) is 49.4 Å². The fourth-order valence-corrected chi connectivity index (χ4v) is 3.97. The van der Waals surface area contributed by atoms with Crippen molar-refractivity contribution in [2.45, 2.75) is 57.4 Å². The number of carbonyl (C=O) groups excluding carboxylic acids is 1. The molecule has 0 saturated carbocycles. The Hall–Kier alpha value is -2.52. The van der Waals surface area contributed by atoms with Gasteiger partial charge >= 0.3 is 0 Å². The Balaban J connectivity index is 1.75. The summed E-state index contributed by atoms with van der Waals surface area (Å²) in [6.07, 6.45) is 9.09. The molecule has 186 valence electrons. The van der Waals surface area contributed by atoms with Crippen LogP contribution in [-0.2, 0) is 16.1 Å². The van der Waals surface area contributed by atoms with E-state index in [9.17, 15) is 24.3 Å². The van der Waals surface area contributed by atoms with E-state index < -0.39 is 24.0 Å². The maximum atomic E-state index is 14.6. The highest BCUT2D eigenvalue weighted by molar-refractivity contribution is 5.90. The highest BCUT2D eigenvalue weighted by Crippen LogP contribution is 2.22. The summed E-state index contributed by atoms with van der Waals surface area (Å²) >= 11 is 0. The summed E-state index contributed by atoms with van der Waals surface area (Å²) in [6.45, 7) is 6.80. The zero-order chi connectivity index (χ0) is 24.9. The van der Waals surface area contributed by atoms with Crippen molar-refractivity contribution in [2.75, 3.05) is 26.3 Å². The summed E-state index contributed by atoms with van der Waals surface area (Å²) in [4.78, 5) is 24.4. The van der Waals surface area contributed by atoms with Crippen molar-refractivity contribution in [3.63, 3.8) is 0 Å². The normalized spacial score (nSPS) is 21.8. The summed E-state index contributed by atoms with van der Waals surface area (Å²) in [6, 6.07) is 3.28. The second-order valence-electron chi connectivity index (χ2n) is 8.31. The number of Topliss-reactive ketones (excluding diaryl/α,β-unsaturated/α-hetero) is 1. The van der Waals surface area contributed by atoms with Crippen LogP contribution in [0.3, 0.4) is 0 Å². The van der Waals surface area contributed by atoms with Crippen molar-refractivity contribution < 1.29 is 24.1 Å². The zero-order valence-corrected chi connectivity index (χ0v) is 19.7. The summed E-state index contributed by atoms with van der Waals surface area (Å²) < 4.78 is 20.3. The lowest BCUT2D eigenvalue weighted by atomic mass is 9.94. The van der Waals surface area contributed by atoms with Gasteiger partial charge in [0.15, 0.2) is 11.8 Å². The smallest absolute Gasteiger partial charge is 0.192 e. The Morgan fingerprint density at radius 3 is 2.79 bits per heavy atom. The molecule has 0 amide bonds. The Labute approximate surface area is 200 Å². The van der Waals surface area contributed by atoms with Gasteiger partial charge < -0.3 is 14.9 Å². The van der Waals surface area contributed by atoms with Crippen LogP contribution >= 0.6 is 0 Å². The number of aliphatic hydroxyl groups is 2. The number of allylic oxidation sites excluding steroid dienone is 5. The molecule has 7 nitrogen and oxygen atoms in total. The molecule has 0 bridgehead atoms. The van der Waals surface area contributed by atoms with Crippen molar-refractivity contribution >= 4 is 11.4 Å². The number of ketones is 1. The molecule has 3 atom stereocenters. The molecule has 2 rings (SSSR count). The number of hydrogen-bond donors (Lipinski definition) is 2. The van der Waals surface area contributed by atoms with Gasteiger partial charge in [-0.15, -0.1) is 4.91 Å². The van der Waals surface area contributed by atoms with E-state index in [2.05, 4.69) is 11.8 Å². The third-order valence-electron chi connectivity index (χ3n) is 5.85. The first-order valence-electron chi connectivity index (χ1n) is 11.7. The number of benzene rings is 1. The molecule has 1 saturated heterocycles. The maximum Gasteiger partial charge on any atom is 0.192 e. The Kier molecular flexibility index (Phi) is 12.0. The molecule has 0 spiro atoms. The van der Waals surface area contributed by atoms with Crippen LogP contribution in [-0.4, -0.2) is 65.4 Å². The number of ether oxygens (including phenoxy) is 1. The van der Waals surface area contributed by atoms with Crippen LogP contribution in [0, 0.1) is 10.7 Å². The third kappa shape index (κ3) is 7.77. The number of likely N-dealkylation sites (tertiary alicyclic amines) is 1. The Bertz CT molecular complexity index is 886. The Morgan fingerprint density at radius 2 is 2.15 bits per heavy atom. The number of hydrogen-bond acceptors (Lipinski definition) is 7. The monoisotopic (exact) mass is 474 g/mol. The molecule has 2 N–H and O–H groups in total. The van der Waals surface area contributed by atoms with Crippen molar-refractivity contribution in [2.24, 2.45) is 5.18 Å². The van der Waals surface area contributed by atoms with E-state index in [0.717, 1.165) is 36.8 Å². The van der Waals surface area contributed by atoms with Gasteiger partial charge in [-0.25, -0.2) is 4.39 Å². The van der Waals surface area contributed by atoms with Crippen LogP contribution in [0.2, 0.25) is 0 Å². The van der Waals surface area contributed by atoms with Crippen LogP contribution in [0.4, 0.5) is 4.39 Å². The second-order valence-corrected chi connectivity index (χ2v) is 8.31. The number of rotatable bonds is 14. The molecule has 1 aromatic rings.